The zero-order valence-electron chi connectivity index (χ0n) is 10.7. The number of amides is 1. The first kappa shape index (κ1) is 13.3. The van der Waals surface area contributed by atoms with Crippen LogP contribution in [0.1, 0.15) is 44.9 Å². The third-order valence-corrected chi connectivity index (χ3v) is 4.05. The number of rotatable bonds is 3. The Hall–Kier alpha value is -1.10. The minimum absolute atomic E-state index is 0.0454. The summed E-state index contributed by atoms with van der Waals surface area (Å²) >= 11 is 0. The molecular formula is C13H22N2O3. The molecule has 0 aromatic carbocycles. The molecule has 0 radical (unpaired) electrons. The maximum atomic E-state index is 12.0. The van der Waals surface area contributed by atoms with E-state index in [1.807, 2.05) is 0 Å². The number of hydrogen-bond acceptors (Lipinski definition) is 3. The molecule has 102 valence electrons. The molecular weight excluding hydrogens is 232 g/mol. The lowest BCUT2D eigenvalue weighted by Gasteiger charge is -2.29. The molecule has 2 fully saturated rings. The predicted octanol–water partition coefficient (Wildman–Crippen LogP) is 0.888. The molecule has 0 aromatic heterocycles. The molecule has 1 amide bonds. The zero-order chi connectivity index (χ0) is 13.0. The molecule has 1 aliphatic heterocycles. The van der Waals surface area contributed by atoms with Crippen LogP contribution in [0.15, 0.2) is 0 Å². The van der Waals surface area contributed by atoms with Crippen LogP contribution in [-0.4, -0.2) is 35.6 Å². The second-order valence-electron chi connectivity index (χ2n) is 5.40. The summed E-state index contributed by atoms with van der Waals surface area (Å²) < 4.78 is 0. The van der Waals surface area contributed by atoms with Gasteiger partial charge in [-0.1, -0.05) is 6.42 Å². The fourth-order valence-electron chi connectivity index (χ4n) is 2.86. The minimum Gasteiger partial charge on any atom is -0.481 e. The third kappa shape index (κ3) is 3.45. The molecule has 5 nitrogen and oxygen atoms in total. The van der Waals surface area contributed by atoms with Gasteiger partial charge in [0.05, 0.1) is 12.0 Å². The number of carboxylic acids is 1. The van der Waals surface area contributed by atoms with Crippen molar-refractivity contribution in [2.45, 2.75) is 57.0 Å². The second kappa shape index (κ2) is 6.18. The summed E-state index contributed by atoms with van der Waals surface area (Å²) in [6.07, 6.45) is 6.10. The molecule has 1 atom stereocenters. The molecule has 0 aromatic rings. The van der Waals surface area contributed by atoms with Crippen LogP contribution in [0, 0.1) is 5.92 Å². The SMILES string of the molecule is O=C(O)C1CCC(NC(=O)[C@H]2CCCCN2)CC1. The van der Waals surface area contributed by atoms with Crippen molar-refractivity contribution in [2.24, 2.45) is 5.92 Å². The quantitative estimate of drug-likeness (QED) is 0.699. The van der Waals surface area contributed by atoms with Gasteiger partial charge in [-0.3, -0.25) is 9.59 Å². The maximum absolute atomic E-state index is 12.0. The number of carbonyl (C=O) groups excluding carboxylic acids is 1. The van der Waals surface area contributed by atoms with E-state index in [0.29, 0.717) is 12.8 Å². The van der Waals surface area contributed by atoms with Crippen molar-refractivity contribution in [2.75, 3.05) is 6.54 Å². The van der Waals surface area contributed by atoms with Gasteiger partial charge >= 0.3 is 5.97 Å². The van der Waals surface area contributed by atoms with Gasteiger partial charge in [-0.25, -0.2) is 0 Å². The van der Waals surface area contributed by atoms with Gasteiger partial charge in [0.25, 0.3) is 0 Å². The lowest BCUT2D eigenvalue weighted by molar-refractivity contribution is -0.142. The Bertz CT molecular complexity index is 305. The monoisotopic (exact) mass is 254 g/mol. The minimum atomic E-state index is -0.700. The highest BCUT2D eigenvalue weighted by Gasteiger charge is 2.28. The highest BCUT2D eigenvalue weighted by Crippen LogP contribution is 2.24. The van der Waals surface area contributed by atoms with Crippen LogP contribution in [0.25, 0.3) is 0 Å². The molecule has 2 rings (SSSR count). The van der Waals surface area contributed by atoms with Gasteiger partial charge in [0.1, 0.15) is 0 Å². The molecule has 1 saturated carbocycles. The van der Waals surface area contributed by atoms with Crippen molar-refractivity contribution < 1.29 is 14.7 Å². The van der Waals surface area contributed by atoms with E-state index in [2.05, 4.69) is 10.6 Å². The number of carboxylic acid groups (broad SMARTS) is 1. The van der Waals surface area contributed by atoms with Gasteiger partial charge in [-0.05, 0) is 45.1 Å². The number of piperidine rings is 1. The van der Waals surface area contributed by atoms with Crippen molar-refractivity contribution in [1.29, 1.82) is 0 Å². The Kier molecular flexibility index (Phi) is 4.58. The van der Waals surface area contributed by atoms with Crippen LogP contribution in [0.2, 0.25) is 0 Å². The van der Waals surface area contributed by atoms with Gasteiger partial charge in [0.15, 0.2) is 0 Å². The van der Waals surface area contributed by atoms with Gasteiger partial charge < -0.3 is 15.7 Å². The Morgan fingerprint density at radius 3 is 2.33 bits per heavy atom. The highest BCUT2D eigenvalue weighted by molar-refractivity contribution is 5.82. The molecule has 1 saturated heterocycles. The van der Waals surface area contributed by atoms with E-state index < -0.39 is 5.97 Å². The zero-order valence-corrected chi connectivity index (χ0v) is 10.7. The normalized spacial score (nSPS) is 32.8. The molecule has 1 heterocycles. The van der Waals surface area contributed by atoms with E-state index in [1.54, 1.807) is 0 Å². The van der Waals surface area contributed by atoms with E-state index in [4.69, 9.17) is 5.11 Å². The molecule has 0 spiro atoms. The topological polar surface area (TPSA) is 78.4 Å². The average Bonchev–Trinajstić information content (AvgIpc) is 2.40. The van der Waals surface area contributed by atoms with E-state index in [9.17, 15) is 9.59 Å². The summed E-state index contributed by atoms with van der Waals surface area (Å²) in [5, 5.41) is 15.2. The smallest absolute Gasteiger partial charge is 0.306 e. The molecule has 3 N–H and O–H groups in total. The van der Waals surface area contributed by atoms with Crippen molar-refractivity contribution in [3.05, 3.63) is 0 Å². The molecule has 0 unspecified atom stereocenters. The number of aliphatic carboxylic acids is 1. The molecule has 2 aliphatic rings. The summed E-state index contributed by atoms with van der Waals surface area (Å²) in [7, 11) is 0. The predicted molar refractivity (Wildman–Crippen MR) is 67.2 cm³/mol. The van der Waals surface area contributed by atoms with Crippen LogP contribution in [0.5, 0.6) is 0 Å². The van der Waals surface area contributed by atoms with Crippen LogP contribution in [0.4, 0.5) is 0 Å². The average molecular weight is 254 g/mol. The number of nitrogens with one attached hydrogen (secondary N) is 2. The summed E-state index contributed by atoms with van der Waals surface area (Å²) in [4.78, 5) is 22.8. The molecule has 18 heavy (non-hydrogen) atoms. The highest BCUT2D eigenvalue weighted by atomic mass is 16.4. The molecule has 5 heteroatoms. The van der Waals surface area contributed by atoms with E-state index in [1.165, 1.54) is 0 Å². The third-order valence-electron chi connectivity index (χ3n) is 4.05. The standard InChI is InChI=1S/C13H22N2O3/c16-12(11-3-1-2-8-14-11)15-10-6-4-9(5-7-10)13(17)18/h9-11,14H,1-8H2,(H,15,16)(H,17,18)/t9?,10?,11-/m1/s1. The largest absolute Gasteiger partial charge is 0.481 e. The first-order valence-electron chi connectivity index (χ1n) is 6.93. The summed E-state index contributed by atoms with van der Waals surface area (Å²) in [6.45, 7) is 0.920. The first-order valence-corrected chi connectivity index (χ1v) is 6.93. The van der Waals surface area contributed by atoms with Gasteiger partial charge in [0, 0.05) is 6.04 Å². The number of hydrogen-bond donors (Lipinski definition) is 3. The lowest BCUT2D eigenvalue weighted by Crippen LogP contribution is -2.50. The van der Waals surface area contributed by atoms with E-state index in [-0.39, 0.29) is 23.9 Å². The van der Waals surface area contributed by atoms with Crippen molar-refractivity contribution in [3.63, 3.8) is 0 Å². The maximum Gasteiger partial charge on any atom is 0.306 e. The number of carbonyl (C=O) groups is 2. The second-order valence-corrected chi connectivity index (χ2v) is 5.40. The fraction of sp³-hybridized carbons (Fsp3) is 0.846. The van der Waals surface area contributed by atoms with Gasteiger partial charge in [-0.15, -0.1) is 0 Å². The van der Waals surface area contributed by atoms with Crippen LogP contribution < -0.4 is 10.6 Å². The fourth-order valence-corrected chi connectivity index (χ4v) is 2.86. The summed E-state index contributed by atoms with van der Waals surface area (Å²) in [6, 6.07) is 0.118. The first-order chi connectivity index (χ1) is 8.66. The van der Waals surface area contributed by atoms with Crippen LogP contribution in [-0.2, 0) is 9.59 Å². The molecule has 1 aliphatic carbocycles. The van der Waals surface area contributed by atoms with Crippen molar-refractivity contribution in [1.82, 2.24) is 10.6 Å². The van der Waals surface area contributed by atoms with Gasteiger partial charge in [-0.2, -0.15) is 0 Å². The van der Waals surface area contributed by atoms with Crippen molar-refractivity contribution >= 4 is 11.9 Å². The van der Waals surface area contributed by atoms with E-state index >= 15 is 0 Å². The summed E-state index contributed by atoms with van der Waals surface area (Å²) in [5.74, 6) is -0.826. The van der Waals surface area contributed by atoms with Crippen molar-refractivity contribution in [3.8, 4) is 0 Å². The van der Waals surface area contributed by atoms with Gasteiger partial charge in [0.2, 0.25) is 5.91 Å². The lowest BCUT2D eigenvalue weighted by atomic mass is 9.86. The van der Waals surface area contributed by atoms with E-state index in [0.717, 1.165) is 38.6 Å². The van der Waals surface area contributed by atoms with Crippen LogP contribution >= 0.6 is 0 Å². The Balaban J connectivity index is 1.73. The molecule has 0 bridgehead atoms. The Morgan fingerprint density at radius 2 is 1.78 bits per heavy atom. The summed E-state index contributed by atoms with van der Waals surface area (Å²) in [5.41, 5.74) is 0. The Labute approximate surface area is 107 Å². The van der Waals surface area contributed by atoms with Crippen LogP contribution in [0.3, 0.4) is 0 Å². The Morgan fingerprint density at radius 1 is 1.06 bits per heavy atom.